The Kier molecular flexibility index (Phi) is 2.52. The van der Waals surface area contributed by atoms with Crippen LogP contribution in [0.4, 0.5) is 0 Å². The van der Waals surface area contributed by atoms with E-state index in [-0.39, 0.29) is 0 Å². The fourth-order valence-electron chi connectivity index (χ4n) is 1.33. The van der Waals surface area contributed by atoms with E-state index in [1.165, 1.54) is 0 Å². The quantitative estimate of drug-likeness (QED) is 0.464. The lowest BCUT2D eigenvalue weighted by molar-refractivity contribution is 0.267. The van der Waals surface area contributed by atoms with Gasteiger partial charge in [0, 0.05) is 12.0 Å². The highest BCUT2D eigenvalue weighted by Crippen LogP contribution is 2.22. The molecule has 1 aliphatic rings. The largest absolute Gasteiger partial charge is 0.501 e. The van der Waals surface area contributed by atoms with Crippen molar-refractivity contribution in [1.82, 2.24) is 0 Å². The summed E-state index contributed by atoms with van der Waals surface area (Å²) in [4.78, 5) is 0. The molecule has 0 heterocycles. The standard InChI is InChI=1S/C8H13NO2/c1-6-7(9-10)4-3-5-8(6)11-2/h10H,3-5H2,1-2H3/b9-7-. The van der Waals surface area contributed by atoms with Gasteiger partial charge in [0.05, 0.1) is 12.8 Å². The zero-order chi connectivity index (χ0) is 8.27. The van der Waals surface area contributed by atoms with E-state index in [2.05, 4.69) is 5.16 Å². The summed E-state index contributed by atoms with van der Waals surface area (Å²) in [6.45, 7) is 1.92. The minimum absolute atomic E-state index is 0.758. The fourth-order valence-corrected chi connectivity index (χ4v) is 1.33. The average Bonchev–Trinajstić information content (AvgIpc) is 2.05. The molecule has 0 aromatic heterocycles. The van der Waals surface area contributed by atoms with Gasteiger partial charge in [0.2, 0.25) is 0 Å². The van der Waals surface area contributed by atoms with Gasteiger partial charge in [-0.15, -0.1) is 0 Å². The highest BCUT2D eigenvalue weighted by Gasteiger charge is 2.15. The van der Waals surface area contributed by atoms with Crippen molar-refractivity contribution < 1.29 is 9.94 Å². The van der Waals surface area contributed by atoms with Gasteiger partial charge in [0.15, 0.2) is 0 Å². The summed E-state index contributed by atoms with van der Waals surface area (Å²) in [5.41, 5.74) is 1.74. The molecule has 0 fully saturated rings. The molecule has 0 aromatic carbocycles. The van der Waals surface area contributed by atoms with E-state index in [1.807, 2.05) is 6.92 Å². The normalized spacial score (nSPS) is 22.5. The summed E-state index contributed by atoms with van der Waals surface area (Å²) in [6.07, 6.45) is 2.83. The first-order valence-electron chi connectivity index (χ1n) is 3.74. The van der Waals surface area contributed by atoms with E-state index in [1.54, 1.807) is 7.11 Å². The third-order valence-corrected chi connectivity index (χ3v) is 2.04. The number of allylic oxidation sites excluding steroid dienone is 2. The van der Waals surface area contributed by atoms with Crippen LogP contribution in [0.1, 0.15) is 26.2 Å². The number of hydrogen-bond acceptors (Lipinski definition) is 3. The molecular formula is C8H13NO2. The Morgan fingerprint density at radius 1 is 1.45 bits per heavy atom. The molecule has 0 spiro atoms. The van der Waals surface area contributed by atoms with Crippen molar-refractivity contribution in [2.24, 2.45) is 5.16 Å². The molecule has 0 atom stereocenters. The number of nitrogens with zero attached hydrogens (tertiary/aromatic N) is 1. The predicted molar refractivity (Wildman–Crippen MR) is 42.8 cm³/mol. The SMILES string of the molecule is COC1=C(C)/C(=N\O)CCC1. The van der Waals surface area contributed by atoms with Gasteiger partial charge in [-0.3, -0.25) is 0 Å². The van der Waals surface area contributed by atoms with Gasteiger partial charge in [-0.1, -0.05) is 5.16 Å². The Hall–Kier alpha value is -0.990. The summed E-state index contributed by atoms with van der Waals surface area (Å²) in [5, 5.41) is 11.8. The summed E-state index contributed by atoms with van der Waals surface area (Å²) >= 11 is 0. The van der Waals surface area contributed by atoms with Gasteiger partial charge in [-0.05, 0) is 19.8 Å². The van der Waals surface area contributed by atoms with Gasteiger partial charge in [-0.2, -0.15) is 0 Å². The van der Waals surface area contributed by atoms with Crippen molar-refractivity contribution in [2.45, 2.75) is 26.2 Å². The molecular weight excluding hydrogens is 142 g/mol. The van der Waals surface area contributed by atoms with Crippen LogP contribution in [-0.2, 0) is 4.74 Å². The minimum Gasteiger partial charge on any atom is -0.501 e. The molecule has 3 heteroatoms. The summed E-state index contributed by atoms with van der Waals surface area (Å²) < 4.78 is 5.12. The number of rotatable bonds is 1. The second kappa shape index (κ2) is 3.42. The Morgan fingerprint density at radius 2 is 2.18 bits per heavy atom. The second-order valence-electron chi connectivity index (χ2n) is 2.65. The summed E-state index contributed by atoms with van der Waals surface area (Å²) in [5.74, 6) is 0.948. The van der Waals surface area contributed by atoms with Crippen LogP contribution in [0.25, 0.3) is 0 Å². The van der Waals surface area contributed by atoms with Crippen molar-refractivity contribution in [2.75, 3.05) is 7.11 Å². The molecule has 0 aliphatic heterocycles. The van der Waals surface area contributed by atoms with Crippen molar-refractivity contribution in [3.8, 4) is 0 Å². The number of ether oxygens (including phenoxy) is 1. The molecule has 1 rings (SSSR count). The lowest BCUT2D eigenvalue weighted by Gasteiger charge is -2.16. The lowest BCUT2D eigenvalue weighted by atomic mass is 9.97. The molecule has 0 amide bonds. The molecule has 11 heavy (non-hydrogen) atoms. The lowest BCUT2D eigenvalue weighted by Crippen LogP contribution is -2.10. The maximum Gasteiger partial charge on any atom is 0.100 e. The van der Waals surface area contributed by atoms with Crippen molar-refractivity contribution in [3.63, 3.8) is 0 Å². The average molecular weight is 155 g/mol. The maximum absolute atomic E-state index is 8.57. The number of hydrogen-bond donors (Lipinski definition) is 1. The van der Waals surface area contributed by atoms with Crippen LogP contribution in [-0.4, -0.2) is 18.0 Å². The van der Waals surface area contributed by atoms with Crippen molar-refractivity contribution >= 4 is 5.71 Å². The Morgan fingerprint density at radius 3 is 2.73 bits per heavy atom. The first kappa shape index (κ1) is 8.11. The third kappa shape index (κ3) is 1.53. The first-order valence-corrected chi connectivity index (χ1v) is 3.74. The Bertz CT molecular complexity index is 206. The monoisotopic (exact) mass is 155 g/mol. The van der Waals surface area contributed by atoms with Crippen LogP contribution in [0.5, 0.6) is 0 Å². The highest BCUT2D eigenvalue weighted by atomic mass is 16.5. The van der Waals surface area contributed by atoms with Crippen LogP contribution < -0.4 is 0 Å². The molecule has 3 nitrogen and oxygen atoms in total. The van der Waals surface area contributed by atoms with Crippen molar-refractivity contribution in [1.29, 1.82) is 0 Å². The van der Waals surface area contributed by atoms with Gasteiger partial charge in [0.1, 0.15) is 5.76 Å². The van der Waals surface area contributed by atoms with Crippen LogP contribution in [0.3, 0.4) is 0 Å². The third-order valence-electron chi connectivity index (χ3n) is 2.04. The maximum atomic E-state index is 8.57. The zero-order valence-electron chi connectivity index (χ0n) is 6.92. The number of oxime groups is 1. The molecule has 1 aliphatic carbocycles. The Balaban J connectivity index is 2.89. The molecule has 0 radical (unpaired) electrons. The summed E-state index contributed by atoms with van der Waals surface area (Å²) in [6, 6.07) is 0. The van der Waals surface area contributed by atoms with E-state index < -0.39 is 0 Å². The van der Waals surface area contributed by atoms with E-state index >= 15 is 0 Å². The van der Waals surface area contributed by atoms with Gasteiger partial charge >= 0.3 is 0 Å². The smallest absolute Gasteiger partial charge is 0.100 e. The van der Waals surface area contributed by atoms with E-state index in [0.29, 0.717) is 0 Å². The van der Waals surface area contributed by atoms with E-state index in [9.17, 15) is 0 Å². The fraction of sp³-hybridized carbons (Fsp3) is 0.625. The summed E-state index contributed by atoms with van der Waals surface area (Å²) in [7, 11) is 1.65. The zero-order valence-corrected chi connectivity index (χ0v) is 6.92. The molecule has 0 saturated heterocycles. The van der Waals surface area contributed by atoms with Crippen molar-refractivity contribution in [3.05, 3.63) is 11.3 Å². The molecule has 62 valence electrons. The van der Waals surface area contributed by atoms with E-state index in [4.69, 9.17) is 9.94 Å². The number of methoxy groups -OCH3 is 1. The topological polar surface area (TPSA) is 41.8 Å². The molecule has 0 bridgehead atoms. The van der Waals surface area contributed by atoms with Gasteiger partial charge in [0.25, 0.3) is 0 Å². The second-order valence-corrected chi connectivity index (χ2v) is 2.65. The van der Waals surface area contributed by atoms with Crippen LogP contribution in [0, 0.1) is 0 Å². The Labute approximate surface area is 66.4 Å². The van der Waals surface area contributed by atoms with E-state index in [0.717, 1.165) is 36.3 Å². The molecule has 1 N–H and O–H groups in total. The first-order chi connectivity index (χ1) is 5.29. The highest BCUT2D eigenvalue weighted by molar-refractivity contribution is 6.00. The molecule has 0 aromatic rings. The predicted octanol–water partition coefficient (Wildman–Crippen LogP) is 1.92. The van der Waals surface area contributed by atoms with Gasteiger partial charge < -0.3 is 9.94 Å². The minimum atomic E-state index is 0.758. The van der Waals surface area contributed by atoms with Crippen LogP contribution in [0.2, 0.25) is 0 Å². The van der Waals surface area contributed by atoms with Crippen LogP contribution in [0.15, 0.2) is 16.5 Å². The molecule has 0 unspecified atom stereocenters. The van der Waals surface area contributed by atoms with Gasteiger partial charge in [-0.25, -0.2) is 0 Å². The van der Waals surface area contributed by atoms with Crippen LogP contribution >= 0.6 is 0 Å². The molecule has 0 saturated carbocycles.